The van der Waals surface area contributed by atoms with Gasteiger partial charge in [0.1, 0.15) is 6.61 Å². The fourth-order valence-electron chi connectivity index (χ4n) is 7.75. The molecule has 378 valence electrons. The Morgan fingerprint density at radius 3 is 0.985 bits per heavy atom. The lowest BCUT2D eigenvalue weighted by atomic mass is 10.0. The molecule has 66 heavy (non-hydrogen) atoms. The van der Waals surface area contributed by atoms with Crippen LogP contribution in [0.4, 0.5) is 0 Å². The number of unbranched alkanes of at least 4 members (excludes halogenated alkanes) is 26. The second-order valence-corrected chi connectivity index (χ2v) is 18.3. The molecule has 1 N–H and O–H groups in total. The zero-order chi connectivity index (χ0) is 47.7. The van der Waals surface area contributed by atoms with Gasteiger partial charge in [0.2, 0.25) is 0 Å². The fraction of sp³-hybridized carbons (Fsp3) is 0.705. The summed E-state index contributed by atoms with van der Waals surface area (Å²) in [5.41, 5.74) is 0. The predicted molar refractivity (Wildman–Crippen MR) is 288 cm³/mol. The van der Waals surface area contributed by atoms with E-state index in [1.54, 1.807) is 0 Å². The number of aliphatic hydroxyl groups excluding tert-OH is 1. The van der Waals surface area contributed by atoms with Gasteiger partial charge in [-0.3, -0.25) is 9.59 Å². The molecule has 0 rings (SSSR count). The van der Waals surface area contributed by atoms with Gasteiger partial charge in [0.25, 0.3) is 0 Å². The summed E-state index contributed by atoms with van der Waals surface area (Å²) in [4.78, 5) is 24.4. The van der Waals surface area contributed by atoms with Crippen LogP contribution >= 0.6 is 0 Å². The van der Waals surface area contributed by atoms with Crippen LogP contribution in [-0.2, 0) is 19.1 Å². The average Bonchev–Trinajstić information content (AvgIpc) is 3.32. The molecule has 0 aliphatic rings. The highest BCUT2D eigenvalue weighted by atomic mass is 16.6. The first-order chi connectivity index (χ1) is 32.6. The minimum atomic E-state index is -0.771. The van der Waals surface area contributed by atoms with Gasteiger partial charge in [0.05, 0.1) is 6.61 Å². The SMILES string of the molecule is CC/C=C\C/C=C\C/C=C\C/C=C\C/C=C\C/C=C\C/C=C\C/C=C\CCCCCCCCCCCCCCCCCCC(=O)OC(CO)COC(=O)CCCCCCCCCCCCC. The van der Waals surface area contributed by atoms with Gasteiger partial charge < -0.3 is 14.6 Å². The summed E-state index contributed by atoms with van der Waals surface area (Å²) < 4.78 is 10.6. The van der Waals surface area contributed by atoms with Gasteiger partial charge in [0.15, 0.2) is 6.10 Å². The molecule has 1 unspecified atom stereocenters. The third-order valence-corrected chi connectivity index (χ3v) is 11.9. The van der Waals surface area contributed by atoms with E-state index in [9.17, 15) is 14.7 Å². The number of hydrogen-bond donors (Lipinski definition) is 1. The van der Waals surface area contributed by atoms with Gasteiger partial charge in [-0.15, -0.1) is 0 Å². The second kappa shape index (κ2) is 56.1. The summed E-state index contributed by atoms with van der Waals surface area (Å²) in [6, 6.07) is 0. The molecule has 0 aliphatic heterocycles. The lowest BCUT2D eigenvalue weighted by molar-refractivity contribution is -0.161. The maximum Gasteiger partial charge on any atom is 0.306 e. The van der Waals surface area contributed by atoms with Gasteiger partial charge in [0, 0.05) is 12.8 Å². The van der Waals surface area contributed by atoms with Crippen molar-refractivity contribution >= 4 is 11.9 Å². The molecule has 0 saturated carbocycles. The highest BCUT2D eigenvalue weighted by molar-refractivity contribution is 5.70. The summed E-state index contributed by atoms with van der Waals surface area (Å²) in [6.45, 7) is 4.02. The van der Waals surface area contributed by atoms with Crippen LogP contribution in [0.5, 0.6) is 0 Å². The summed E-state index contributed by atoms with van der Waals surface area (Å²) in [5, 5.41) is 9.60. The number of carbonyl (C=O) groups excluding carboxylic acids is 2. The maximum atomic E-state index is 12.3. The highest BCUT2D eigenvalue weighted by Crippen LogP contribution is 2.16. The van der Waals surface area contributed by atoms with E-state index in [1.807, 2.05) is 0 Å². The molecule has 0 aliphatic carbocycles. The third kappa shape index (κ3) is 53.4. The second-order valence-electron chi connectivity index (χ2n) is 18.3. The van der Waals surface area contributed by atoms with Gasteiger partial charge >= 0.3 is 11.9 Å². The number of esters is 2. The van der Waals surface area contributed by atoms with E-state index >= 15 is 0 Å². The quantitative estimate of drug-likeness (QED) is 0.0374. The average molecular weight is 917 g/mol. The monoisotopic (exact) mass is 917 g/mol. The van der Waals surface area contributed by atoms with Crippen molar-refractivity contribution in [3.05, 3.63) is 97.2 Å². The van der Waals surface area contributed by atoms with Crippen molar-refractivity contribution in [2.45, 2.75) is 264 Å². The molecule has 0 aromatic carbocycles. The molecule has 0 spiro atoms. The van der Waals surface area contributed by atoms with Crippen LogP contribution in [0, 0.1) is 0 Å². The Kier molecular flexibility index (Phi) is 53.4. The Morgan fingerprint density at radius 1 is 0.364 bits per heavy atom. The van der Waals surface area contributed by atoms with Crippen molar-refractivity contribution in [3.63, 3.8) is 0 Å². The molecular weight excluding hydrogens is 813 g/mol. The minimum Gasteiger partial charge on any atom is -0.462 e. The van der Waals surface area contributed by atoms with Crippen LogP contribution in [0.15, 0.2) is 97.2 Å². The summed E-state index contributed by atoms with van der Waals surface area (Å²) in [7, 11) is 0. The predicted octanol–water partition coefficient (Wildman–Crippen LogP) is 18.7. The van der Waals surface area contributed by atoms with Crippen LogP contribution in [0.2, 0.25) is 0 Å². The third-order valence-electron chi connectivity index (χ3n) is 11.9. The van der Waals surface area contributed by atoms with Crippen molar-refractivity contribution in [1.82, 2.24) is 0 Å². The Hall–Kier alpha value is -3.18. The normalized spacial score (nSPS) is 13.0. The van der Waals surface area contributed by atoms with Crippen molar-refractivity contribution in [2.75, 3.05) is 13.2 Å². The fourth-order valence-corrected chi connectivity index (χ4v) is 7.75. The van der Waals surface area contributed by atoms with Crippen LogP contribution in [0.1, 0.15) is 258 Å². The largest absolute Gasteiger partial charge is 0.462 e. The first-order valence-electron chi connectivity index (χ1n) is 27.8. The molecular formula is C61H104O5. The first kappa shape index (κ1) is 62.8. The molecule has 0 bridgehead atoms. The van der Waals surface area contributed by atoms with Gasteiger partial charge in [-0.1, -0.05) is 265 Å². The molecule has 1 atom stereocenters. The van der Waals surface area contributed by atoms with E-state index in [2.05, 4.69) is 111 Å². The van der Waals surface area contributed by atoms with Crippen LogP contribution < -0.4 is 0 Å². The number of aliphatic hydroxyl groups is 1. The lowest BCUT2D eigenvalue weighted by Crippen LogP contribution is -2.28. The molecule has 5 nitrogen and oxygen atoms in total. The number of hydrogen-bond acceptors (Lipinski definition) is 5. The van der Waals surface area contributed by atoms with E-state index in [0.29, 0.717) is 12.8 Å². The van der Waals surface area contributed by atoms with Gasteiger partial charge in [-0.05, 0) is 77.0 Å². The number of ether oxygens (including phenoxy) is 2. The van der Waals surface area contributed by atoms with Crippen molar-refractivity contribution in [3.8, 4) is 0 Å². The van der Waals surface area contributed by atoms with E-state index in [4.69, 9.17) is 9.47 Å². The molecule has 5 heteroatoms. The molecule has 0 amide bonds. The topological polar surface area (TPSA) is 72.8 Å². The number of allylic oxidation sites excluding steroid dienone is 16. The van der Waals surface area contributed by atoms with Crippen LogP contribution in [0.25, 0.3) is 0 Å². The lowest BCUT2D eigenvalue weighted by Gasteiger charge is -2.15. The first-order valence-corrected chi connectivity index (χ1v) is 27.8. The van der Waals surface area contributed by atoms with E-state index in [1.165, 1.54) is 141 Å². The van der Waals surface area contributed by atoms with Crippen molar-refractivity contribution in [2.24, 2.45) is 0 Å². The van der Waals surface area contributed by atoms with Crippen molar-refractivity contribution < 1.29 is 24.2 Å². The smallest absolute Gasteiger partial charge is 0.306 e. The minimum absolute atomic E-state index is 0.0646. The number of rotatable bonds is 50. The van der Waals surface area contributed by atoms with E-state index < -0.39 is 6.10 Å². The highest BCUT2D eigenvalue weighted by Gasteiger charge is 2.16. The molecule has 0 saturated heterocycles. The Labute approximate surface area is 408 Å². The zero-order valence-electron chi connectivity index (χ0n) is 43.2. The Balaban J connectivity index is 3.48. The van der Waals surface area contributed by atoms with Gasteiger partial charge in [-0.2, -0.15) is 0 Å². The van der Waals surface area contributed by atoms with Crippen LogP contribution in [0.3, 0.4) is 0 Å². The van der Waals surface area contributed by atoms with E-state index in [0.717, 1.165) is 89.9 Å². The molecule has 0 heterocycles. The van der Waals surface area contributed by atoms with E-state index in [-0.39, 0.29) is 25.2 Å². The summed E-state index contributed by atoms with van der Waals surface area (Å²) >= 11 is 0. The Bertz CT molecular complexity index is 1270. The van der Waals surface area contributed by atoms with Crippen LogP contribution in [-0.4, -0.2) is 36.4 Å². The van der Waals surface area contributed by atoms with Gasteiger partial charge in [-0.25, -0.2) is 0 Å². The van der Waals surface area contributed by atoms with Crippen molar-refractivity contribution in [1.29, 1.82) is 0 Å². The molecule has 0 fully saturated rings. The summed E-state index contributed by atoms with van der Waals surface area (Å²) in [6.07, 6.45) is 79.6. The number of carbonyl (C=O) groups is 2. The summed E-state index contributed by atoms with van der Waals surface area (Å²) in [5.74, 6) is -0.586. The standard InChI is InChI=1S/C61H104O5/c1-3-5-7-9-11-13-15-16-17-18-19-20-21-22-23-24-25-26-27-28-29-30-31-32-33-34-35-36-37-38-39-40-41-42-43-44-46-48-50-52-54-56-61(64)66-59(57-62)58-65-60(63)55-53-51-49-47-45-14-12-10-8-6-4-2/h5,7,11,13,16-17,19-20,22-23,25-26,28-29,31-32,59,62H,3-4,6,8-10,12,14-15,18,21,24,27,30,33-58H2,1-2H3/b7-5-,13-11-,17-16-,20-19-,23-22-,26-25-,29-28-,32-31-. The maximum absolute atomic E-state index is 12.3. The Morgan fingerprint density at radius 2 is 0.652 bits per heavy atom. The molecule has 0 aromatic heterocycles. The molecule has 0 aromatic rings. The molecule has 0 radical (unpaired) electrons. The zero-order valence-corrected chi connectivity index (χ0v) is 43.2.